The van der Waals surface area contributed by atoms with Gasteiger partial charge in [-0.15, -0.1) is 0 Å². The lowest BCUT2D eigenvalue weighted by atomic mass is 9.92. The first-order chi connectivity index (χ1) is 13.6. The van der Waals surface area contributed by atoms with Gasteiger partial charge in [-0.2, -0.15) is 5.10 Å². The number of carboxylic acids is 1. The van der Waals surface area contributed by atoms with E-state index in [1.54, 1.807) is 9.58 Å². The molecule has 7 heteroatoms. The summed E-state index contributed by atoms with van der Waals surface area (Å²) in [6.07, 6.45) is 0.957. The van der Waals surface area contributed by atoms with Gasteiger partial charge < -0.3 is 10.0 Å². The Bertz CT molecular complexity index is 919. The Morgan fingerprint density at radius 3 is 2.34 bits per heavy atom. The minimum atomic E-state index is -0.784. The summed E-state index contributed by atoms with van der Waals surface area (Å²) in [5.74, 6) is -0.535. The van der Waals surface area contributed by atoms with Crippen LogP contribution in [-0.4, -0.2) is 44.9 Å². The summed E-state index contributed by atoms with van der Waals surface area (Å²) in [4.78, 5) is 25.7. The van der Waals surface area contributed by atoms with Crippen molar-refractivity contribution < 1.29 is 14.7 Å². The molecule has 1 aliphatic rings. The van der Waals surface area contributed by atoms with E-state index in [9.17, 15) is 9.59 Å². The summed E-state index contributed by atoms with van der Waals surface area (Å²) in [6, 6.07) is 7.83. The fourth-order valence-electron chi connectivity index (χ4n) is 3.58. The summed E-state index contributed by atoms with van der Waals surface area (Å²) < 4.78 is 1.79. The molecule has 1 aliphatic heterocycles. The molecule has 0 bridgehead atoms. The molecule has 0 spiro atoms. The van der Waals surface area contributed by atoms with Crippen LogP contribution in [0.25, 0.3) is 5.69 Å². The molecule has 0 radical (unpaired) electrons. The molecule has 7 nitrogen and oxygen atoms in total. The first-order valence-corrected chi connectivity index (χ1v) is 10.0. The molecule has 0 aliphatic carbocycles. The highest BCUT2D eigenvalue weighted by atomic mass is 16.4. The number of likely N-dealkylation sites (tertiary alicyclic amines) is 1. The van der Waals surface area contributed by atoms with Gasteiger partial charge in [0.2, 0.25) is 0 Å². The Labute approximate surface area is 171 Å². The number of aromatic nitrogens is 2. The van der Waals surface area contributed by atoms with Crippen molar-refractivity contribution in [1.29, 1.82) is 0 Å². The zero-order chi connectivity index (χ0) is 21.3. The number of rotatable bonds is 3. The number of urea groups is 1. The van der Waals surface area contributed by atoms with Crippen LogP contribution >= 0.6 is 0 Å². The van der Waals surface area contributed by atoms with Crippen LogP contribution in [0.2, 0.25) is 0 Å². The Kier molecular flexibility index (Phi) is 5.68. The largest absolute Gasteiger partial charge is 0.481 e. The van der Waals surface area contributed by atoms with E-state index in [4.69, 9.17) is 10.2 Å². The maximum Gasteiger partial charge on any atom is 0.323 e. The first-order valence-electron chi connectivity index (χ1n) is 10.0. The van der Waals surface area contributed by atoms with Gasteiger partial charge in [-0.3, -0.25) is 10.1 Å². The fraction of sp³-hybridized carbons (Fsp3) is 0.500. The average Bonchev–Trinajstić information content (AvgIpc) is 3.05. The second kappa shape index (κ2) is 7.89. The van der Waals surface area contributed by atoms with Crippen molar-refractivity contribution in [1.82, 2.24) is 14.7 Å². The molecule has 156 valence electrons. The van der Waals surface area contributed by atoms with Crippen molar-refractivity contribution in [2.75, 3.05) is 18.4 Å². The van der Waals surface area contributed by atoms with Crippen LogP contribution in [-0.2, 0) is 10.2 Å². The van der Waals surface area contributed by atoms with Gasteiger partial charge in [0.05, 0.1) is 17.3 Å². The molecule has 2 N–H and O–H groups in total. The van der Waals surface area contributed by atoms with Crippen LogP contribution in [0.5, 0.6) is 0 Å². The van der Waals surface area contributed by atoms with Crippen LogP contribution in [0.4, 0.5) is 10.6 Å². The van der Waals surface area contributed by atoms with Gasteiger partial charge in [-0.25, -0.2) is 9.48 Å². The standard InChI is InChI=1S/C22H30N4O3/c1-14-6-7-17(15(2)12-14)26-19(13-18(24-26)22(3,4)5)23-21(29)25-10-8-16(9-11-25)20(27)28/h6-7,12-13,16H,8-11H2,1-5H3,(H,23,29)(H,27,28). The number of hydrogen-bond acceptors (Lipinski definition) is 3. The van der Waals surface area contributed by atoms with Gasteiger partial charge in [0.15, 0.2) is 0 Å². The molecule has 29 heavy (non-hydrogen) atoms. The molecule has 1 saturated heterocycles. The SMILES string of the molecule is Cc1ccc(-n2nc(C(C)(C)C)cc2NC(=O)N2CCC(C(=O)O)CC2)c(C)c1. The Morgan fingerprint density at radius 2 is 1.79 bits per heavy atom. The molecular formula is C22H30N4O3. The van der Waals surface area contributed by atoms with Crippen LogP contribution < -0.4 is 5.32 Å². The maximum atomic E-state index is 12.9. The summed E-state index contributed by atoms with van der Waals surface area (Å²) in [5, 5.41) is 16.9. The second-order valence-corrected chi connectivity index (χ2v) is 8.90. The molecule has 0 saturated carbocycles. The molecule has 2 amide bonds. The van der Waals surface area contributed by atoms with E-state index in [1.165, 1.54) is 5.56 Å². The number of piperidine rings is 1. The van der Waals surface area contributed by atoms with Crippen LogP contribution in [0.3, 0.4) is 0 Å². The van der Waals surface area contributed by atoms with Crippen molar-refractivity contribution in [3.05, 3.63) is 41.1 Å². The van der Waals surface area contributed by atoms with Crippen molar-refractivity contribution in [3.8, 4) is 5.69 Å². The number of carbonyl (C=O) groups excluding carboxylic acids is 1. The normalized spacial score (nSPS) is 15.4. The molecular weight excluding hydrogens is 368 g/mol. The summed E-state index contributed by atoms with van der Waals surface area (Å²) in [6.45, 7) is 11.2. The number of nitrogens with zero attached hydrogens (tertiary/aromatic N) is 3. The van der Waals surface area contributed by atoms with E-state index in [1.807, 2.05) is 32.0 Å². The lowest BCUT2D eigenvalue weighted by Gasteiger charge is -2.30. The molecule has 2 heterocycles. The summed E-state index contributed by atoms with van der Waals surface area (Å²) in [7, 11) is 0. The highest BCUT2D eigenvalue weighted by Gasteiger charge is 2.28. The van der Waals surface area contributed by atoms with E-state index < -0.39 is 5.97 Å². The van der Waals surface area contributed by atoms with Crippen molar-refractivity contribution in [3.63, 3.8) is 0 Å². The average molecular weight is 399 g/mol. The lowest BCUT2D eigenvalue weighted by Crippen LogP contribution is -2.42. The zero-order valence-electron chi connectivity index (χ0n) is 17.8. The fourth-order valence-corrected chi connectivity index (χ4v) is 3.58. The van der Waals surface area contributed by atoms with Gasteiger partial charge in [0.1, 0.15) is 5.82 Å². The van der Waals surface area contributed by atoms with E-state index >= 15 is 0 Å². The zero-order valence-corrected chi connectivity index (χ0v) is 17.8. The highest BCUT2D eigenvalue weighted by molar-refractivity contribution is 5.89. The van der Waals surface area contributed by atoms with E-state index in [2.05, 4.69) is 32.2 Å². The van der Waals surface area contributed by atoms with Crippen LogP contribution in [0.1, 0.15) is 50.4 Å². The van der Waals surface area contributed by atoms with Crippen molar-refractivity contribution in [2.24, 2.45) is 5.92 Å². The van der Waals surface area contributed by atoms with E-state index in [0.717, 1.165) is 16.9 Å². The van der Waals surface area contributed by atoms with Gasteiger partial charge in [0.25, 0.3) is 0 Å². The third-order valence-electron chi connectivity index (χ3n) is 5.42. The molecule has 1 fully saturated rings. The number of carbonyl (C=O) groups is 2. The molecule has 1 aromatic carbocycles. The third kappa shape index (κ3) is 4.60. The first kappa shape index (κ1) is 20.9. The molecule has 2 aromatic rings. The smallest absolute Gasteiger partial charge is 0.323 e. The van der Waals surface area contributed by atoms with Crippen molar-refractivity contribution in [2.45, 2.75) is 52.9 Å². The van der Waals surface area contributed by atoms with Gasteiger partial charge in [-0.1, -0.05) is 38.5 Å². The second-order valence-electron chi connectivity index (χ2n) is 8.90. The van der Waals surface area contributed by atoms with E-state index in [-0.39, 0.29) is 17.4 Å². The number of amides is 2. The monoisotopic (exact) mass is 398 g/mol. The number of carboxylic acid groups (broad SMARTS) is 1. The molecule has 3 rings (SSSR count). The third-order valence-corrected chi connectivity index (χ3v) is 5.42. The van der Waals surface area contributed by atoms with Crippen LogP contribution in [0, 0.1) is 19.8 Å². The van der Waals surface area contributed by atoms with Gasteiger partial charge in [-0.05, 0) is 38.3 Å². The molecule has 1 aromatic heterocycles. The number of benzene rings is 1. The quantitative estimate of drug-likeness (QED) is 0.814. The maximum absolute atomic E-state index is 12.9. The minimum Gasteiger partial charge on any atom is -0.481 e. The number of anilines is 1. The number of aliphatic carboxylic acids is 1. The van der Waals surface area contributed by atoms with E-state index in [0.29, 0.717) is 31.7 Å². The minimum absolute atomic E-state index is 0.164. The highest BCUT2D eigenvalue weighted by Crippen LogP contribution is 2.28. The number of aryl methyl sites for hydroxylation is 2. The molecule has 0 unspecified atom stereocenters. The Hall–Kier alpha value is -2.83. The molecule has 0 atom stereocenters. The Balaban J connectivity index is 1.87. The van der Waals surface area contributed by atoms with Gasteiger partial charge >= 0.3 is 12.0 Å². The van der Waals surface area contributed by atoms with Gasteiger partial charge in [0, 0.05) is 24.6 Å². The Morgan fingerprint density at radius 1 is 1.14 bits per heavy atom. The predicted octanol–water partition coefficient (Wildman–Crippen LogP) is 4.12. The number of nitrogens with one attached hydrogen (secondary N) is 1. The topological polar surface area (TPSA) is 87.5 Å². The summed E-state index contributed by atoms with van der Waals surface area (Å²) in [5.41, 5.74) is 3.89. The predicted molar refractivity (Wildman–Crippen MR) is 113 cm³/mol. The lowest BCUT2D eigenvalue weighted by molar-refractivity contribution is -0.143. The van der Waals surface area contributed by atoms with Crippen LogP contribution in [0.15, 0.2) is 24.3 Å². The number of hydrogen-bond donors (Lipinski definition) is 2. The van der Waals surface area contributed by atoms with Crippen molar-refractivity contribution >= 4 is 17.8 Å². The summed E-state index contributed by atoms with van der Waals surface area (Å²) >= 11 is 0.